The lowest BCUT2D eigenvalue weighted by Crippen LogP contribution is -2.22. The van der Waals surface area contributed by atoms with Gasteiger partial charge < -0.3 is 4.74 Å². The first kappa shape index (κ1) is 15.2. The van der Waals surface area contributed by atoms with Crippen LogP contribution in [0.1, 0.15) is 50.8 Å². The van der Waals surface area contributed by atoms with Crippen LogP contribution in [-0.4, -0.2) is 18.2 Å². The van der Waals surface area contributed by atoms with Crippen molar-refractivity contribution in [1.82, 2.24) is 0 Å². The van der Waals surface area contributed by atoms with E-state index in [-0.39, 0.29) is 11.6 Å². The van der Waals surface area contributed by atoms with Crippen molar-refractivity contribution < 1.29 is 14.3 Å². The van der Waals surface area contributed by atoms with Gasteiger partial charge in [0.2, 0.25) is 0 Å². The molecule has 0 fully saturated rings. The van der Waals surface area contributed by atoms with E-state index in [0.29, 0.717) is 34.6 Å². The Bertz CT molecular complexity index is 803. The van der Waals surface area contributed by atoms with E-state index in [4.69, 9.17) is 4.74 Å². The maximum Gasteiger partial charge on any atom is 0.198 e. The zero-order valence-electron chi connectivity index (χ0n) is 13.1. The van der Waals surface area contributed by atoms with Crippen molar-refractivity contribution in [3.05, 3.63) is 76.9 Å². The number of aryl methyl sites for hydroxylation is 1. The second-order valence-corrected chi connectivity index (χ2v) is 5.53. The van der Waals surface area contributed by atoms with Gasteiger partial charge in [0.1, 0.15) is 12.4 Å². The average molecular weight is 306 g/mol. The Morgan fingerprint density at radius 1 is 1.00 bits per heavy atom. The van der Waals surface area contributed by atoms with Crippen molar-refractivity contribution in [2.75, 3.05) is 6.61 Å². The molecule has 0 atom stereocenters. The molecule has 0 aromatic heterocycles. The molecule has 0 N–H and O–H groups in total. The van der Waals surface area contributed by atoms with Crippen molar-refractivity contribution in [3.8, 4) is 5.75 Å². The molecule has 0 heterocycles. The quantitative estimate of drug-likeness (QED) is 0.670. The number of ketones is 2. The van der Waals surface area contributed by atoms with Crippen LogP contribution in [0.25, 0.3) is 0 Å². The molecule has 116 valence electrons. The van der Waals surface area contributed by atoms with Gasteiger partial charge in [-0.3, -0.25) is 9.59 Å². The van der Waals surface area contributed by atoms with Gasteiger partial charge >= 0.3 is 0 Å². The van der Waals surface area contributed by atoms with Crippen LogP contribution in [0.4, 0.5) is 0 Å². The van der Waals surface area contributed by atoms with Gasteiger partial charge in [-0.25, -0.2) is 0 Å². The third-order valence-corrected chi connectivity index (χ3v) is 3.99. The van der Waals surface area contributed by atoms with Crippen LogP contribution in [0.3, 0.4) is 0 Å². The molecule has 2 aromatic rings. The normalized spacial score (nSPS) is 12.6. The van der Waals surface area contributed by atoms with E-state index >= 15 is 0 Å². The van der Waals surface area contributed by atoms with Gasteiger partial charge in [0.05, 0.1) is 5.56 Å². The molecule has 1 aliphatic rings. The van der Waals surface area contributed by atoms with Crippen LogP contribution < -0.4 is 4.74 Å². The number of fused-ring (bicyclic) bond motifs is 2. The molecule has 2 aromatic carbocycles. The molecule has 0 radical (unpaired) electrons. The van der Waals surface area contributed by atoms with Crippen LogP contribution in [-0.2, 0) is 6.42 Å². The minimum atomic E-state index is -0.146. The third-order valence-electron chi connectivity index (χ3n) is 3.99. The van der Waals surface area contributed by atoms with Gasteiger partial charge in [0.15, 0.2) is 11.6 Å². The third kappa shape index (κ3) is 2.48. The summed E-state index contributed by atoms with van der Waals surface area (Å²) in [6.07, 6.45) is 3.36. The molecule has 0 aliphatic heterocycles. The molecule has 0 bridgehead atoms. The number of hydrogen-bond donors (Lipinski definition) is 0. The first-order valence-corrected chi connectivity index (χ1v) is 7.77. The molecule has 1 aliphatic carbocycles. The maximum atomic E-state index is 12.9. The summed E-state index contributed by atoms with van der Waals surface area (Å²) in [5.74, 6) is 0.256. The van der Waals surface area contributed by atoms with E-state index in [2.05, 4.69) is 13.5 Å². The monoisotopic (exact) mass is 306 g/mol. The number of ether oxygens (including phenoxy) is 1. The van der Waals surface area contributed by atoms with Crippen molar-refractivity contribution in [1.29, 1.82) is 0 Å². The smallest absolute Gasteiger partial charge is 0.198 e. The number of carbonyl (C=O) groups is 2. The molecule has 3 nitrogen and oxygen atoms in total. The minimum absolute atomic E-state index is 0.123. The Balaban J connectivity index is 2.22. The van der Waals surface area contributed by atoms with Gasteiger partial charge in [-0.15, -0.1) is 0 Å². The number of carbonyl (C=O) groups excluding carboxylic acids is 2. The maximum absolute atomic E-state index is 12.9. The first-order chi connectivity index (χ1) is 11.2. The van der Waals surface area contributed by atoms with Gasteiger partial charge in [-0.05, 0) is 18.1 Å². The highest BCUT2D eigenvalue weighted by atomic mass is 16.5. The summed E-state index contributed by atoms with van der Waals surface area (Å²) in [5.41, 5.74) is 2.67. The molecular weight excluding hydrogens is 288 g/mol. The fourth-order valence-electron chi connectivity index (χ4n) is 2.97. The van der Waals surface area contributed by atoms with Crippen LogP contribution in [0.5, 0.6) is 5.75 Å². The summed E-state index contributed by atoms with van der Waals surface area (Å²) in [6.45, 7) is 6.03. The molecule has 3 rings (SSSR count). The Hall–Kier alpha value is -2.68. The standard InChI is InChI=1S/C20H18O3/c1-3-7-13-10-11-16-17(20(13)23-12-4-2)19(22)15-9-6-5-8-14(15)18(16)21/h4-6,8-11H,2-3,7,12H2,1H3. The Kier molecular flexibility index (Phi) is 4.11. The van der Waals surface area contributed by atoms with Crippen molar-refractivity contribution >= 4 is 11.6 Å². The highest BCUT2D eigenvalue weighted by Gasteiger charge is 2.33. The molecule has 23 heavy (non-hydrogen) atoms. The number of hydrogen-bond acceptors (Lipinski definition) is 3. The summed E-state index contributed by atoms with van der Waals surface area (Å²) >= 11 is 0. The van der Waals surface area contributed by atoms with Crippen LogP contribution in [0.15, 0.2) is 49.1 Å². The fraction of sp³-hybridized carbons (Fsp3) is 0.200. The summed E-state index contributed by atoms with van der Waals surface area (Å²) in [7, 11) is 0. The summed E-state index contributed by atoms with van der Waals surface area (Å²) < 4.78 is 5.78. The van der Waals surface area contributed by atoms with E-state index in [0.717, 1.165) is 18.4 Å². The molecule has 0 unspecified atom stereocenters. The molecule has 0 amide bonds. The lowest BCUT2D eigenvalue weighted by Gasteiger charge is -2.22. The number of rotatable bonds is 5. The predicted octanol–water partition coefficient (Wildman–Crippen LogP) is 3.98. The van der Waals surface area contributed by atoms with Gasteiger partial charge in [-0.2, -0.15) is 0 Å². The van der Waals surface area contributed by atoms with Crippen molar-refractivity contribution in [2.45, 2.75) is 19.8 Å². The Morgan fingerprint density at radius 2 is 1.70 bits per heavy atom. The van der Waals surface area contributed by atoms with E-state index in [1.165, 1.54) is 0 Å². The molecule has 0 saturated heterocycles. The zero-order chi connectivity index (χ0) is 16.4. The van der Waals surface area contributed by atoms with Crippen molar-refractivity contribution in [2.24, 2.45) is 0 Å². The van der Waals surface area contributed by atoms with Crippen LogP contribution >= 0.6 is 0 Å². The van der Waals surface area contributed by atoms with Crippen molar-refractivity contribution in [3.63, 3.8) is 0 Å². The average Bonchev–Trinajstić information content (AvgIpc) is 2.58. The number of benzene rings is 2. The second-order valence-electron chi connectivity index (χ2n) is 5.53. The van der Waals surface area contributed by atoms with E-state index in [1.54, 1.807) is 36.4 Å². The molecule has 0 spiro atoms. The Morgan fingerprint density at radius 3 is 2.35 bits per heavy atom. The fourth-order valence-corrected chi connectivity index (χ4v) is 2.97. The summed E-state index contributed by atoms with van der Waals surface area (Å²) in [4.78, 5) is 25.7. The molecular formula is C20H18O3. The SMILES string of the molecule is C=CCOc1c(CCC)ccc2c1C(=O)c1ccccc1C2=O. The van der Waals surface area contributed by atoms with E-state index in [1.807, 2.05) is 6.07 Å². The van der Waals surface area contributed by atoms with E-state index in [9.17, 15) is 9.59 Å². The lowest BCUT2D eigenvalue weighted by molar-refractivity contribution is 0.0976. The second kappa shape index (κ2) is 6.21. The van der Waals surface area contributed by atoms with E-state index < -0.39 is 0 Å². The molecule has 0 saturated carbocycles. The van der Waals surface area contributed by atoms with Crippen LogP contribution in [0, 0.1) is 0 Å². The predicted molar refractivity (Wildman–Crippen MR) is 89.4 cm³/mol. The van der Waals surface area contributed by atoms with Gasteiger partial charge in [-0.1, -0.05) is 56.3 Å². The van der Waals surface area contributed by atoms with Gasteiger partial charge in [0, 0.05) is 16.7 Å². The molecule has 3 heteroatoms. The summed E-state index contributed by atoms with van der Waals surface area (Å²) in [6, 6.07) is 10.6. The van der Waals surface area contributed by atoms with Crippen LogP contribution in [0.2, 0.25) is 0 Å². The first-order valence-electron chi connectivity index (χ1n) is 7.77. The topological polar surface area (TPSA) is 43.4 Å². The highest BCUT2D eigenvalue weighted by Crippen LogP contribution is 2.36. The largest absolute Gasteiger partial charge is 0.488 e. The highest BCUT2D eigenvalue weighted by molar-refractivity contribution is 6.29. The zero-order valence-corrected chi connectivity index (χ0v) is 13.1. The minimum Gasteiger partial charge on any atom is -0.488 e. The Labute approximate surface area is 135 Å². The lowest BCUT2D eigenvalue weighted by atomic mass is 9.82. The summed E-state index contributed by atoms with van der Waals surface area (Å²) in [5, 5.41) is 0. The van der Waals surface area contributed by atoms with Gasteiger partial charge in [0.25, 0.3) is 0 Å².